The van der Waals surface area contributed by atoms with Gasteiger partial charge in [0, 0.05) is 25.3 Å². The fraction of sp³-hybridized carbons (Fsp3) is 0.667. The highest BCUT2D eigenvalue weighted by atomic mass is 15.1. The molecule has 1 saturated heterocycles. The molecule has 20 heavy (non-hydrogen) atoms. The van der Waals surface area contributed by atoms with Crippen LogP contribution in [0.3, 0.4) is 0 Å². The first-order valence-electron chi connectivity index (χ1n) is 8.36. The van der Waals surface area contributed by atoms with Gasteiger partial charge in [-0.25, -0.2) is 0 Å². The van der Waals surface area contributed by atoms with E-state index in [-0.39, 0.29) is 0 Å². The molecular formula is C18H30N2. The molecule has 1 aliphatic rings. The molecule has 1 fully saturated rings. The van der Waals surface area contributed by atoms with E-state index in [2.05, 4.69) is 42.3 Å². The van der Waals surface area contributed by atoms with Gasteiger partial charge in [-0.2, -0.15) is 0 Å². The summed E-state index contributed by atoms with van der Waals surface area (Å²) in [4.78, 5) is 2.58. The van der Waals surface area contributed by atoms with Gasteiger partial charge in [0.1, 0.15) is 0 Å². The lowest BCUT2D eigenvalue weighted by Crippen LogP contribution is -2.27. The van der Waals surface area contributed by atoms with E-state index < -0.39 is 0 Å². The van der Waals surface area contributed by atoms with Crippen LogP contribution in [0.15, 0.2) is 18.2 Å². The van der Waals surface area contributed by atoms with Crippen LogP contribution in [-0.4, -0.2) is 19.6 Å². The number of rotatable bonds is 5. The molecule has 2 nitrogen and oxygen atoms in total. The van der Waals surface area contributed by atoms with Gasteiger partial charge in [0.05, 0.1) is 0 Å². The SMILES string of the molecule is CCCNCc1ccc(N2CCCCCCC2)cc1C. The second-order valence-corrected chi connectivity index (χ2v) is 6.04. The van der Waals surface area contributed by atoms with E-state index >= 15 is 0 Å². The van der Waals surface area contributed by atoms with Crippen molar-refractivity contribution < 1.29 is 0 Å². The van der Waals surface area contributed by atoms with Crippen LogP contribution in [0.4, 0.5) is 5.69 Å². The number of hydrogen-bond donors (Lipinski definition) is 1. The minimum Gasteiger partial charge on any atom is -0.372 e. The third-order valence-electron chi connectivity index (χ3n) is 4.29. The van der Waals surface area contributed by atoms with Gasteiger partial charge in [0.2, 0.25) is 0 Å². The zero-order valence-electron chi connectivity index (χ0n) is 13.3. The van der Waals surface area contributed by atoms with Crippen molar-refractivity contribution in [3.05, 3.63) is 29.3 Å². The molecule has 0 saturated carbocycles. The van der Waals surface area contributed by atoms with Crippen molar-refractivity contribution in [3.8, 4) is 0 Å². The number of nitrogens with zero attached hydrogens (tertiary/aromatic N) is 1. The smallest absolute Gasteiger partial charge is 0.0369 e. The predicted molar refractivity (Wildman–Crippen MR) is 88.5 cm³/mol. The van der Waals surface area contributed by atoms with E-state index in [1.807, 2.05) is 0 Å². The molecule has 1 heterocycles. The van der Waals surface area contributed by atoms with Gasteiger partial charge < -0.3 is 10.2 Å². The summed E-state index contributed by atoms with van der Waals surface area (Å²) in [6.45, 7) is 9.02. The van der Waals surface area contributed by atoms with Crippen LogP contribution in [-0.2, 0) is 6.54 Å². The van der Waals surface area contributed by atoms with Crippen molar-refractivity contribution in [1.82, 2.24) is 5.32 Å². The van der Waals surface area contributed by atoms with E-state index in [0.717, 1.165) is 13.1 Å². The van der Waals surface area contributed by atoms with Crippen molar-refractivity contribution in [3.63, 3.8) is 0 Å². The summed E-state index contributed by atoms with van der Waals surface area (Å²) in [5, 5.41) is 3.50. The summed E-state index contributed by atoms with van der Waals surface area (Å²) >= 11 is 0. The van der Waals surface area contributed by atoms with Crippen molar-refractivity contribution in [1.29, 1.82) is 0 Å². The number of hydrogen-bond acceptors (Lipinski definition) is 2. The van der Waals surface area contributed by atoms with Crippen molar-refractivity contribution >= 4 is 5.69 Å². The molecule has 0 radical (unpaired) electrons. The largest absolute Gasteiger partial charge is 0.372 e. The highest BCUT2D eigenvalue weighted by Gasteiger charge is 2.10. The van der Waals surface area contributed by atoms with E-state index in [0.29, 0.717) is 0 Å². The molecule has 0 bridgehead atoms. The van der Waals surface area contributed by atoms with Gasteiger partial charge in [-0.15, -0.1) is 0 Å². The summed E-state index contributed by atoms with van der Waals surface area (Å²) in [5.74, 6) is 0. The van der Waals surface area contributed by atoms with Crippen LogP contribution < -0.4 is 10.2 Å². The third kappa shape index (κ3) is 4.52. The molecule has 0 amide bonds. The molecule has 0 aromatic heterocycles. The van der Waals surface area contributed by atoms with E-state index in [1.165, 1.54) is 68.4 Å². The Morgan fingerprint density at radius 1 is 1.05 bits per heavy atom. The molecular weight excluding hydrogens is 244 g/mol. The first kappa shape index (κ1) is 15.4. The van der Waals surface area contributed by atoms with E-state index in [4.69, 9.17) is 0 Å². The summed E-state index contributed by atoms with van der Waals surface area (Å²) in [6, 6.07) is 7.01. The molecule has 0 unspecified atom stereocenters. The second-order valence-electron chi connectivity index (χ2n) is 6.04. The highest BCUT2D eigenvalue weighted by Crippen LogP contribution is 2.22. The Bertz CT molecular complexity index is 392. The summed E-state index contributed by atoms with van der Waals surface area (Å²) in [5.41, 5.74) is 4.28. The molecule has 0 aliphatic carbocycles. The first-order valence-corrected chi connectivity index (χ1v) is 8.36. The van der Waals surface area contributed by atoms with Crippen molar-refractivity contribution in [2.45, 2.75) is 58.9 Å². The second kappa shape index (κ2) is 8.31. The standard InChI is InChI=1S/C18H30N2/c1-3-11-19-15-17-9-10-18(14-16(17)2)20-12-7-5-4-6-8-13-20/h9-10,14,19H,3-8,11-13,15H2,1-2H3. The number of aryl methyl sites for hydroxylation is 1. The van der Waals surface area contributed by atoms with Gasteiger partial charge in [0.15, 0.2) is 0 Å². The van der Waals surface area contributed by atoms with Gasteiger partial charge in [-0.1, -0.05) is 32.3 Å². The lowest BCUT2D eigenvalue weighted by atomic mass is 10.0. The summed E-state index contributed by atoms with van der Waals surface area (Å²) in [6.07, 6.45) is 8.11. The van der Waals surface area contributed by atoms with Crippen LogP contribution in [0.25, 0.3) is 0 Å². The van der Waals surface area contributed by atoms with E-state index in [9.17, 15) is 0 Å². The third-order valence-corrected chi connectivity index (χ3v) is 4.29. The monoisotopic (exact) mass is 274 g/mol. The number of anilines is 1. The van der Waals surface area contributed by atoms with Gasteiger partial charge in [-0.3, -0.25) is 0 Å². The molecule has 1 N–H and O–H groups in total. The number of benzene rings is 1. The Labute approximate surface area is 124 Å². The minimum atomic E-state index is 1.000. The van der Waals surface area contributed by atoms with Gasteiger partial charge in [-0.05, 0) is 56.0 Å². The van der Waals surface area contributed by atoms with Crippen LogP contribution in [0.5, 0.6) is 0 Å². The van der Waals surface area contributed by atoms with Gasteiger partial charge in [0.25, 0.3) is 0 Å². The van der Waals surface area contributed by atoms with Crippen molar-refractivity contribution in [2.75, 3.05) is 24.5 Å². The van der Waals surface area contributed by atoms with Crippen LogP contribution in [0.1, 0.15) is 56.6 Å². The molecule has 1 aromatic carbocycles. The van der Waals surface area contributed by atoms with Crippen LogP contribution in [0, 0.1) is 6.92 Å². The summed E-state index contributed by atoms with van der Waals surface area (Å²) in [7, 11) is 0. The quantitative estimate of drug-likeness (QED) is 0.807. The van der Waals surface area contributed by atoms with Gasteiger partial charge >= 0.3 is 0 Å². The maximum Gasteiger partial charge on any atom is 0.0369 e. The van der Waals surface area contributed by atoms with Crippen molar-refractivity contribution in [2.24, 2.45) is 0 Å². The Hall–Kier alpha value is -1.02. The Morgan fingerprint density at radius 3 is 2.40 bits per heavy atom. The molecule has 2 heteroatoms. The molecule has 112 valence electrons. The topological polar surface area (TPSA) is 15.3 Å². The Kier molecular flexibility index (Phi) is 6.38. The summed E-state index contributed by atoms with van der Waals surface area (Å²) < 4.78 is 0. The Balaban J connectivity index is 1.99. The van der Waals surface area contributed by atoms with Crippen LogP contribution in [0.2, 0.25) is 0 Å². The highest BCUT2D eigenvalue weighted by molar-refractivity contribution is 5.50. The average molecular weight is 274 g/mol. The fourth-order valence-corrected chi connectivity index (χ4v) is 2.98. The maximum absolute atomic E-state index is 3.50. The number of nitrogens with one attached hydrogen (secondary N) is 1. The molecule has 1 aromatic rings. The lowest BCUT2D eigenvalue weighted by molar-refractivity contribution is 0.556. The fourth-order valence-electron chi connectivity index (χ4n) is 2.98. The predicted octanol–water partition coefficient (Wildman–Crippen LogP) is 4.27. The lowest BCUT2D eigenvalue weighted by Gasteiger charge is -2.27. The molecule has 0 spiro atoms. The molecule has 1 aliphatic heterocycles. The Morgan fingerprint density at radius 2 is 1.75 bits per heavy atom. The normalized spacial score (nSPS) is 16.8. The van der Waals surface area contributed by atoms with Crippen LogP contribution >= 0.6 is 0 Å². The zero-order valence-corrected chi connectivity index (χ0v) is 13.3. The zero-order chi connectivity index (χ0) is 14.2. The average Bonchev–Trinajstić information content (AvgIpc) is 2.40. The minimum absolute atomic E-state index is 1.000. The first-order chi connectivity index (χ1) is 9.81. The van der Waals surface area contributed by atoms with E-state index in [1.54, 1.807) is 0 Å². The maximum atomic E-state index is 3.50. The molecule has 2 rings (SSSR count). The molecule has 0 atom stereocenters.